The standard InChI is InChI=1S/C73H48BNS/c1-7-23-49(24-8-1)54-39-41-65-67(45-54)75(72-61(52-29-13-4-14-30-52)43-56(51-27-11-3-12-28-51)44-62(72)53-31-15-5-16-32-53)68-47-58(48-70-71(68)74(65)66-42-40-55(46-69(66)76-70)50-25-9-2-10-26-50)73(57-33-17-6-18-34-57)63-37-21-19-35-59(63)60-36-20-22-38-64(60)73/h1-48H. The van der Waals surface area contributed by atoms with E-state index in [1.807, 2.05) is 11.8 Å². The maximum atomic E-state index is 2.69. The summed E-state index contributed by atoms with van der Waals surface area (Å²) >= 11 is 1.93. The number of benzene rings is 12. The molecule has 15 rings (SSSR count). The SMILES string of the molecule is c1ccc(-c2ccc3c(c2)Sc2cc(C4(c5ccccc5)c5ccccc5-c5ccccc54)cc4c2B3c2ccc(-c3ccccc3)cc2N4c2c(-c3ccccc3)cc(-c3ccccc3)cc2-c2ccccc2)cc1. The monoisotopic (exact) mass is 981 g/mol. The molecule has 354 valence electrons. The van der Waals surface area contributed by atoms with Crippen LogP contribution < -0.4 is 21.3 Å². The Morgan fingerprint density at radius 2 is 0.737 bits per heavy atom. The van der Waals surface area contributed by atoms with Gasteiger partial charge in [-0.25, -0.2) is 0 Å². The summed E-state index contributed by atoms with van der Waals surface area (Å²) in [5.41, 5.74) is 26.3. The van der Waals surface area contributed by atoms with Crippen LogP contribution in [0.3, 0.4) is 0 Å². The van der Waals surface area contributed by atoms with E-state index < -0.39 is 5.41 Å². The van der Waals surface area contributed by atoms with Crippen LogP contribution in [0.5, 0.6) is 0 Å². The molecule has 0 atom stereocenters. The van der Waals surface area contributed by atoms with E-state index in [9.17, 15) is 0 Å². The third kappa shape index (κ3) is 6.96. The van der Waals surface area contributed by atoms with E-state index in [0.717, 1.165) is 16.8 Å². The van der Waals surface area contributed by atoms with Crippen LogP contribution in [0.4, 0.5) is 17.1 Å². The zero-order valence-electron chi connectivity index (χ0n) is 41.6. The quantitative estimate of drug-likeness (QED) is 0.140. The normalized spacial score (nSPS) is 13.3. The molecule has 0 fully saturated rings. The highest BCUT2D eigenvalue weighted by Crippen LogP contribution is 2.59. The summed E-state index contributed by atoms with van der Waals surface area (Å²) in [7, 11) is 0. The minimum Gasteiger partial charge on any atom is -0.310 e. The molecule has 0 spiro atoms. The van der Waals surface area contributed by atoms with E-state index in [2.05, 4.69) is 296 Å². The molecule has 12 aromatic rings. The van der Waals surface area contributed by atoms with Crippen LogP contribution >= 0.6 is 11.8 Å². The highest BCUT2D eigenvalue weighted by molar-refractivity contribution is 8.00. The first-order valence-corrected chi connectivity index (χ1v) is 27.2. The van der Waals surface area contributed by atoms with E-state index in [1.165, 1.54) is 115 Å². The first-order chi connectivity index (χ1) is 37.7. The first-order valence-electron chi connectivity index (χ1n) is 26.3. The van der Waals surface area contributed by atoms with Gasteiger partial charge in [0, 0.05) is 32.3 Å². The third-order valence-corrected chi connectivity index (χ3v) is 17.3. The van der Waals surface area contributed by atoms with Crippen molar-refractivity contribution in [3.8, 4) is 66.8 Å². The zero-order valence-corrected chi connectivity index (χ0v) is 42.5. The molecule has 2 heterocycles. The Kier molecular flexibility index (Phi) is 10.5. The molecule has 0 unspecified atom stereocenters. The summed E-state index contributed by atoms with van der Waals surface area (Å²) in [5.74, 6) is 0. The van der Waals surface area contributed by atoms with Crippen LogP contribution in [0.1, 0.15) is 22.3 Å². The van der Waals surface area contributed by atoms with E-state index >= 15 is 0 Å². The van der Waals surface area contributed by atoms with Gasteiger partial charge in [-0.15, -0.1) is 0 Å². The maximum Gasteiger partial charge on any atom is 0.249 e. The van der Waals surface area contributed by atoms with E-state index in [1.54, 1.807) is 0 Å². The lowest BCUT2D eigenvalue weighted by molar-refractivity contribution is 0.766. The van der Waals surface area contributed by atoms with Gasteiger partial charge in [0.25, 0.3) is 0 Å². The minimum absolute atomic E-state index is 0.0454. The van der Waals surface area contributed by atoms with Gasteiger partial charge in [-0.1, -0.05) is 272 Å². The lowest BCUT2D eigenvalue weighted by Gasteiger charge is -2.43. The van der Waals surface area contributed by atoms with Crippen LogP contribution in [0.2, 0.25) is 0 Å². The molecule has 0 amide bonds. The summed E-state index contributed by atoms with van der Waals surface area (Å²) in [6, 6.07) is 109. The highest BCUT2D eigenvalue weighted by Gasteiger charge is 2.49. The Hall–Kier alpha value is -9.15. The van der Waals surface area contributed by atoms with Crippen molar-refractivity contribution in [2.24, 2.45) is 0 Å². The Morgan fingerprint density at radius 1 is 0.289 bits per heavy atom. The fraction of sp³-hybridized carbons (Fsp3) is 0.0137. The fourth-order valence-electron chi connectivity index (χ4n) is 12.9. The van der Waals surface area contributed by atoms with E-state index in [-0.39, 0.29) is 6.71 Å². The minimum atomic E-state index is -0.637. The molecule has 12 aromatic carbocycles. The fourth-order valence-corrected chi connectivity index (χ4v) is 14.1. The van der Waals surface area contributed by atoms with Crippen molar-refractivity contribution in [3.05, 3.63) is 313 Å². The van der Waals surface area contributed by atoms with Gasteiger partial charge < -0.3 is 4.90 Å². The van der Waals surface area contributed by atoms with Crippen molar-refractivity contribution >= 4 is 51.9 Å². The van der Waals surface area contributed by atoms with Crippen LogP contribution in [0.25, 0.3) is 66.8 Å². The van der Waals surface area contributed by atoms with Gasteiger partial charge in [0.1, 0.15) is 0 Å². The zero-order chi connectivity index (χ0) is 50.2. The van der Waals surface area contributed by atoms with Gasteiger partial charge in [-0.3, -0.25) is 0 Å². The molecule has 0 bridgehead atoms. The molecule has 76 heavy (non-hydrogen) atoms. The van der Waals surface area contributed by atoms with Gasteiger partial charge in [-0.2, -0.15) is 0 Å². The number of hydrogen-bond acceptors (Lipinski definition) is 2. The molecule has 0 aromatic heterocycles. The number of anilines is 3. The summed E-state index contributed by atoms with van der Waals surface area (Å²) < 4.78 is 0. The van der Waals surface area contributed by atoms with Crippen molar-refractivity contribution in [1.82, 2.24) is 0 Å². The largest absolute Gasteiger partial charge is 0.310 e. The molecule has 3 heteroatoms. The Balaban J connectivity index is 1.11. The Labute approximate surface area is 449 Å². The molecule has 1 aliphatic carbocycles. The Morgan fingerprint density at radius 3 is 1.28 bits per heavy atom. The summed E-state index contributed by atoms with van der Waals surface area (Å²) in [6.45, 7) is -0.0454. The molecule has 0 N–H and O–H groups in total. The summed E-state index contributed by atoms with van der Waals surface area (Å²) in [4.78, 5) is 5.25. The van der Waals surface area contributed by atoms with Crippen LogP contribution in [-0.2, 0) is 5.41 Å². The average Bonchev–Trinajstić information content (AvgIpc) is 3.82. The number of hydrogen-bond donors (Lipinski definition) is 0. The van der Waals surface area contributed by atoms with Crippen molar-refractivity contribution < 1.29 is 0 Å². The maximum absolute atomic E-state index is 2.69. The van der Waals surface area contributed by atoms with Gasteiger partial charge in [0.05, 0.1) is 11.1 Å². The molecular formula is C73H48BNS. The second kappa shape index (κ2) is 18.1. The third-order valence-electron chi connectivity index (χ3n) is 16.2. The van der Waals surface area contributed by atoms with E-state index in [4.69, 9.17) is 0 Å². The number of nitrogens with zero attached hydrogens (tertiary/aromatic N) is 1. The summed E-state index contributed by atoms with van der Waals surface area (Å²) in [5, 5.41) is 0. The first kappa shape index (κ1) is 44.4. The highest BCUT2D eigenvalue weighted by atomic mass is 32.2. The van der Waals surface area contributed by atoms with Gasteiger partial charge in [0.2, 0.25) is 6.71 Å². The second-order valence-electron chi connectivity index (χ2n) is 20.3. The average molecular weight is 982 g/mol. The topological polar surface area (TPSA) is 3.24 Å². The molecule has 0 saturated carbocycles. The predicted molar refractivity (Wildman–Crippen MR) is 321 cm³/mol. The predicted octanol–water partition coefficient (Wildman–Crippen LogP) is 17.1. The number of fused-ring (bicyclic) bond motifs is 7. The molecule has 1 nitrogen and oxygen atoms in total. The van der Waals surface area contributed by atoms with Crippen molar-refractivity contribution in [2.45, 2.75) is 15.2 Å². The van der Waals surface area contributed by atoms with Crippen LogP contribution in [-0.4, -0.2) is 6.71 Å². The summed E-state index contributed by atoms with van der Waals surface area (Å²) in [6.07, 6.45) is 0. The van der Waals surface area contributed by atoms with Crippen molar-refractivity contribution in [1.29, 1.82) is 0 Å². The molecule has 2 aliphatic heterocycles. The molecule has 0 saturated heterocycles. The lowest BCUT2D eigenvalue weighted by atomic mass is 9.34. The van der Waals surface area contributed by atoms with Crippen LogP contribution in [0, 0.1) is 0 Å². The van der Waals surface area contributed by atoms with Crippen molar-refractivity contribution in [2.75, 3.05) is 4.90 Å². The molecule has 3 aliphatic rings. The van der Waals surface area contributed by atoms with E-state index in [0.29, 0.717) is 0 Å². The van der Waals surface area contributed by atoms with Gasteiger partial charge >= 0.3 is 0 Å². The van der Waals surface area contributed by atoms with Gasteiger partial charge in [0.15, 0.2) is 0 Å². The van der Waals surface area contributed by atoms with Crippen molar-refractivity contribution in [3.63, 3.8) is 0 Å². The van der Waals surface area contributed by atoms with Gasteiger partial charge in [-0.05, 0) is 125 Å². The lowest BCUT2D eigenvalue weighted by Crippen LogP contribution is -2.60. The molecular weight excluding hydrogens is 934 g/mol. The Bertz CT molecular complexity index is 4070. The smallest absolute Gasteiger partial charge is 0.249 e. The number of rotatable bonds is 8. The molecule has 0 radical (unpaired) electrons. The van der Waals surface area contributed by atoms with Crippen LogP contribution in [0.15, 0.2) is 301 Å². The second-order valence-corrected chi connectivity index (χ2v) is 21.3.